The number of nitrogens with zero attached hydrogens (tertiary/aromatic N) is 1. The Bertz CT molecular complexity index is 917. The van der Waals surface area contributed by atoms with Crippen LogP contribution in [0.3, 0.4) is 0 Å². The van der Waals surface area contributed by atoms with E-state index in [4.69, 9.17) is 14.0 Å². The molecule has 2 aliphatic heterocycles. The van der Waals surface area contributed by atoms with E-state index in [1.807, 2.05) is 79.7 Å². The van der Waals surface area contributed by atoms with Crippen molar-refractivity contribution < 1.29 is 23.6 Å². The minimum Gasteiger partial charge on any atom is -0.444 e. The molecular weight excluding hydrogens is 407 g/mol. The number of hydrogen-bond acceptors (Lipinski definition) is 5. The van der Waals surface area contributed by atoms with Crippen molar-refractivity contribution in [1.82, 2.24) is 5.32 Å². The van der Waals surface area contributed by atoms with Gasteiger partial charge in [0.1, 0.15) is 5.60 Å². The molecule has 1 aromatic carbocycles. The molecule has 0 bridgehead atoms. The number of benzene rings is 1. The predicted molar refractivity (Wildman–Crippen MR) is 124 cm³/mol. The lowest BCUT2D eigenvalue weighted by Gasteiger charge is -2.32. The van der Waals surface area contributed by atoms with Gasteiger partial charge in [-0.3, -0.25) is 4.79 Å². The van der Waals surface area contributed by atoms with E-state index in [0.29, 0.717) is 6.54 Å². The molecule has 2 heterocycles. The SMILES string of the molecule is CC(C)(C)OC(=O)NC1(C)CN(c2ccc(B3OC(C)(C)C(C)(C)O3)cc2)C(=O)C12CC2. The number of hydrogen-bond donors (Lipinski definition) is 1. The Hall–Kier alpha value is -2.06. The maximum atomic E-state index is 13.4. The van der Waals surface area contributed by atoms with Crippen molar-refractivity contribution in [3.05, 3.63) is 24.3 Å². The zero-order chi connectivity index (χ0) is 23.7. The summed E-state index contributed by atoms with van der Waals surface area (Å²) in [6.45, 7) is 15.9. The third-order valence-electron chi connectivity index (χ3n) is 7.44. The second-order valence-electron chi connectivity index (χ2n) is 11.6. The monoisotopic (exact) mass is 442 g/mol. The number of carbonyl (C=O) groups excluding carboxylic acids is 2. The van der Waals surface area contributed by atoms with Crippen molar-refractivity contribution in [2.45, 2.75) is 90.6 Å². The van der Waals surface area contributed by atoms with Gasteiger partial charge in [0.25, 0.3) is 0 Å². The van der Waals surface area contributed by atoms with Gasteiger partial charge in [0.2, 0.25) is 5.91 Å². The van der Waals surface area contributed by atoms with Crippen LogP contribution in [0.15, 0.2) is 24.3 Å². The predicted octanol–water partition coefficient (Wildman–Crippen LogP) is 3.40. The van der Waals surface area contributed by atoms with Gasteiger partial charge in [-0.1, -0.05) is 12.1 Å². The Kier molecular flexibility index (Phi) is 5.04. The third kappa shape index (κ3) is 3.71. The molecule has 4 rings (SSSR count). The average molecular weight is 442 g/mol. The van der Waals surface area contributed by atoms with Crippen LogP contribution in [0.5, 0.6) is 0 Å². The van der Waals surface area contributed by atoms with Crippen molar-refractivity contribution in [3.8, 4) is 0 Å². The minimum atomic E-state index is -0.684. The van der Waals surface area contributed by atoms with E-state index < -0.39 is 41.0 Å². The number of amides is 2. The third-order valence-corrected chi connectivity index (χ3v) is 7.44. The number of alkyl carbamates (subject to hydrolysis) is 1. The van der Waals surface area contributed by atoms with E-state index >= 15 is 0 Å². The first-order valence-corrected chi connectivity index (χ1v) is 11.4. The van der Waals surface area contributed by atoms with E-state index in [0.717, 1.165) is 24.0 Å². The molecule has 1 atom stereocenters. The Labute approximate surface area is 191 Å². The van der Waals surface area contributed by atoms with E-state index in [2.05, 4.69) is 5.32 Å². The van der Waals surface area contributed by atoms with Crippen LogP contribution in [0.2, 0.25) is 0 Å². The van der Waals surface area contributed by atoms with Gasteiger partial charge in [-0.15, -0.1) is 0 Å². The summed E-state index contributed by atoms with van der Waals surface area (Å²) in [5.74, 6) is 0.0550. The van der Waals surface area contributed by atoms with Crippen molar-refractivity contribution in [1.29, 1.82) is 0 Å². The molecule has 32 heavy (non-hydrogen) atoms. The summed E-state index contributed by atoms with van der Waals surface area (Å²) in [6.07, 6.45) is 1.04. The molecule has 3 fully saturated rings. The second-order valence-corrected chi connectivity index (χ2v) is 11.6. The van der Waals surface area contributed by atoms with Gasteiger partial charge in [-0.25, -0.2) is 4.79 Å². The van der Waals surface area contributed by atoms with Crippen LogP contribution in [0.1, 0.15) is 68.2 Å². The fourth-order valence-corrected chi connectivity index (χ4v) is 4.61. The Morgan fingerprint density at radius 3 is 2.03 bits per heavy atom. The van der Waals surface area contributed by atoms with E-state index in [1.165, 1.54) is 0 Å². The molecular formula is C24H35BN2O5. The van der Waals surface area contributed by atoms with Crippen molar-refractivity contribution in [2.75, 3.05) is 11.4 Å². The summed E-state index contributed by atoms with van der Waals surface area (Å²) < 4.78 is 17.7. The standard InChI is InChI=1S/C24H35BN2O5/c1-20(2,3)30-19(29)26-23(8)15-27(18(28)24(23)13-14-24)17-11-9-16(10-12-17)25-31-21(4,5)22(6,7)32-25/h9-12H,13-15H2,1-8H3,(H,26,29). The highest BCUT2D eigenvalue weighted by molar-refractivity contribution is 6.62. The normalized spacial score (nSPS) is 27.7. The highest BCUT2D eigenvalue weighted by atomic mass is 16.7. The zero-order valence-electron chi connectivity index (χ0n) is 20.5. The van der Waals surface area contributed by atoms with Gasteiger partial charge >= 0.3 is 13.2 Å². The number of carbonyl (C=O) groups is 2. The molecule has 1 aromatic rings. The molecule has 2 saturated heterocycles. The van der Waals surface area contributed by atoms with Crippen molar-refractivity contribution in [2.24, 2.45) is 5.41 Å². The molecule has 1 saturated carbocycles. The number of ether oxygens (including phenoxy) is 1. The van der Waals surface area contributed by atoms with Gasteiger partial charge in [-0.05, 0) is 85.8 Å². The second kappa shape index (κ2) is 6.97. The zero-order valence-corrected chi connectivity index (χ0v) is 20.5. The summed E-state index contributed by atoms with van der Waals surface area (Å²) in [4.78, 5) is 27.6. The van der Waals surface area contributed by atoms with E-state index in [9.17, 15) is 9.59 Å². The van der Waals surface area contributed by atoms with Gasteiger partial charge in [-0.2, -0.15) is 0 Å². The summed E-state index contributed by atoms with van der Waals surface area (Å²) in [7, 11) is -0.447. The fraction of sp³-hybridized carbons (Fsp3) is 0.667. The van der Waals surface area contributed by atoms with Crippen LogP contribution in [0.4, 0.5) is 10.5 Å². The molecule has 1 spiro atoms. The van der Waals surface area contributed by atoms with Gasteiger partial charge in [0.15, 0.2) is 0 Å². The van der Waals surface area contributed by atoms with Crippen molar-refractivity contribution in [3.63, 3.8) is 0 Å². The van der Waals surface area contributed by atoms with Crippen LogP contribution < -0.4 is 15.7 Å². The maximum absolute atomic E-state index is 13.4. The molecule has 0 radical (unpaired) electrons. The van der Waals surface area contributed by atoms with Crippen LogP contribution in [-0.4, -0.2) is 48.0 Å². The first-order chi connectivity index (χ1) is 14.6. The molecule has 3 aliphatic rings. The topological polar surface area (TPSA) is 77.1 Å². The highest BCUT2D eigenvalue weighted by Crippen LogP contribution is 2.59. The first kappa shape index (κ1) is 23.1. The Morgan fingerprint density at radius 1 is 1.03 bits per heavy atom. The molecule has 1 unspecified atom stereocenters. The quantitative estimate of drug-likeness (QED) is 0.727. The van der Waals surface area contributed by atoms with E-state index in [-0.39, 0.29) is 5.91 Å². The molecule has 0 aromatic heterocycles. The molecule has 1 N–H and O–H groups in total. The molecule has 8 heteroatoms. The molecule has 2 amide bonds. The number of anilines is 1. The minimum absolute atomic E-state index is 0.0550. The molecule has 7 nitrogen and oxygen atoms in total. The Morgan fingerprint density at radius 2 is 1.56 bits per heavy atom. The number of nitrogens with one attached hydrogen (secondary N) is 1. The van der Waals surface area contributed by atoms with Gasteiger partial charge < -0.3 is 24.3 Å². The van der Waals surface area contributed by atoms with Crippen LogP contribution in [0, 0.1) is 5.41 Å². The van der Waals surface area contributed by atoms with Crippen molar-refractivity contribution >= 4 is 30.3 Å². The van der Waals surface area contributed by atoms with Gasteiger partial charge in [0.05, 0.1) is 22.2 Å². The molecule has 174 valence electrons. The molecule has 1 aliphatic carbocycles. The van der Waals surface area contributed by atoms with Crippen LogP contribution in [-0.2, 0) is 18.8 Å². The maximum Gasteiger partial charge on any atom is 0.494 e. The van der Waals surface area contributed by atoms with Crippen LogP contribution in [0.25, 0.3) is 0 Å². The summed E-state index contributed by atoms with van der Waals surface area (Å²) in [5, 5.41) is 3.01. The average Bonchev–Trinajstić information content (AvgIpc) is 3.38. The highest BCUT2D eigenvalue weighted by Gasteiger charge is 2.69. The first-order valence-electron chi connectivity index (χ1n) is 11.4. The largest absolute Gasteiger partial charge is 0.494 e. The number of rotatable bonds is 3. The van der Waals surface area contributed by atoms with Gasteiger partial charge in [0, 0.05) is 12.2 Å². The summed E-state index contributed by atoms with van der Waals surface area (Å²) in [6, 6.07) is 7.74. The lowest BCUT2D eigenvalue weighted by atomic mass is 9.79. The van der Waals surface area contributed by atoms with E-state index in [1.54, 1.807) is 4.90 Å². The fourth-order valence-electron chi connectivity index (χ4n) is 4.61. The van der Waals surface area contributed by atoms with Crippen LogP contribution >= 0.6 is 0 Å². The lowest BCUT2D eigenvalue weighted by molar-refractivity contribution is -0.122. The summed E-state index contributed by atoms with van der Waals surface area (Å²) >= 11 is 0. The smallest absolute Gasteiger partial charge is 0.444 e. The lowest BCUT2D eigenvalue weighted by Crippen LogP contribution is -2.54. The summed E-state index contributed by atoms with van der Waals surface area (Å²) in [5.41, 5.74) is -0.941. The Balaban J connectivity index is 1.51.